The van der Waals surface area contributed by atoms with Crippen molar-refractivity contribution in [2.45, 2.75) is 6.43 Å². The highest BCUT2D eigenvalue weighted by molar-refractivity contribution is 9.09. The van der Waals surface area contributed by atoms with Gasteiger partial charge in [-0.15, -0.1) is 0 Å². The Kier molecular flexibility index (Phi) is 6.14. The van der Waals surface area contributed by atoms with Gasteiger partial charge in [-0.25, -0.2) is 13.2 Å². The molecule has 1 aromatic carbocycles. The molecule has 0 N–H and O–H groups in total. The highest BCUT2D eigenvalue weighted by atomic mass is 79.9. The van der Waals surface area contributed by atoms with Crippen molar-refractivity contribution in [3.8, 4) is 5.75 Å². The van der Waals surface area contributed by atoms with Gasteiger partial charge in [0.2, 0.25) is 0 Å². The van der Waals surface area contributed by atoms with Crippen LogP contribution < -0.4 is 4.74 Å². The molecule has 1 amide bonds. The first-order valence-corrected chi connectivity index (χ1v) is 6.58. The molecule has 0 spiro atoms. The Balaban J connectivity index is 2.95. The molecule has 1 rings (SSSR count). The van der Waals surface area contributed by atoms with Crippen LogP contribution in [0.5, 0.6) is 5.75 Å². The van der Waals surface area contributed by atoms with Gasteiger partial charge in [0.05, 0.1) is 19.2 Å². The van der Waals surface area contributed by atoms with Crippen LogP contribution in [0.25, 0.3) is 0 Å². The molecule has 3 nitrogen and oxygen atoms in total. The van der Waals surface area contributed by atoms with E-state index in [1.165, 1.54) is 19.2 Å². The van der Waals surface area contributed by atoms with Gasteiger partial charge in [0, 0.05) is 17.9 Å². The number of halogens is 4. The molecule has 0 aromatic heterocycles. The maximum atomic E-state index is 13.7. The van der Waals surface area contributed by atoms with Crippen LogP contribution in [-0.2, 0) is 0 Å². The third-order valence-corrected chi connectivity index (χ3v) is 2.76. The molecular weight excluding hydrogens is 327 g/mol. The smallest absolute Gasteiger partial charge is 0.257 e. The highest BCUT2D eigenvalue weighted by Crippen LogP contribution is 2.18. The van der Waals surface area contributed by atoms with E-state index in [0.29, 0.717) is 5.33 Å². The lowest BCUT2D eigenvalue weighted by Gasteiger charge is -2.21. The zero-order valence-electron chi connectivity index (χ0n) is 10.2. The van der Waals surface area contributed by atoms with E-state index in [9.17, 15) is 18.0 Å². The van der Waals surface area contributed by atoms with Gasteiger partial charge in [-0.2, -0.15) is 0 Å². The number of hydrogen-bond donors (Lipinski definition) is 0. The predicted octanol–water partition coefficient (Wildman–Crippen LogP) is 2.94. The van der Waals surface area contributed by atoms with Gasteiger partial charge in [-0.3, -0.25) is 4.79 Å². The summed E-state index contributed by atoms with van der Waals surface area (Å²) in [4.78, 5) is 12.9. The van der Waals surface area contributed by atoms with Gasteiger partial charge >= 0.3 is 0 Å². The molecule has 0 heterocycles. The number of ether oxygens (including phenoxy) is 1. The second kappa shape index (κ2) is 7.37. The van der Waals surface area contributed by atoms with Crippen molar-refractivity contribution in [1.29, 1.82) is 0 Å². The monoisotopic (exact) mass is 339 g/mol. The Morgan fingerprint density at radius 1 is 1.47 bits per heavy atom. The topological polar surface area (TPSA) is 29.5 Å². The van der Waals surface area contributed by atoms with Gasteiger partial charge in [0.15, 0.2) is 0 Å². The molecule has 106 valence electrons. The molecule has 0 aliphatic rings. The lowest BCUT2D eigenvalue weighted by molar-refractivity contribution is 0.0568. The minimum atomic E-state index is -2.66. The molecule has 0 atom stereocenters. The van der Waals surface area contributed by atoms with Crippen LogP contribution in [0, 0.1) is 5.82 Å². The Morgan fingerprint density at radius 3 is 2.63 bits per heavy atom. The zero-order chi connectivity index (χ0) is 14.4. The number of benzene rings is 1. The van der Waals surface area contributed by atoms with E-state index in [-0.39, 0.29) is 17.9 Å². The average molecular weight is 340 g/mol. The van der Waals surface area contributed by atoms with Crippen LogP contribution in [-0.4, -0.2) is 42.8 Å². The molecule has 0 aliphatic heterocycles. The van der Waals surface area contributed by atoms with Gasteiger partial charge in [0.1, 0.15) is 11.6 Å². The summed E-state index contributed by atoms with van der Waals surface area (Å²) in [6, 6.07) is 3.68. The maximum Gasteiger partial charge on any atom is 0.257 e. The fraction of sp³-hybridized carbons (Fsp3) is 0.417. The van der Waals surface area contributed by atoms with E-state index in [4.69, 9.17) is 4.74 Å². The van der Waals surface area contributed by atoms with Crippen molar-refractivity contribution in [2.24, 2.45) is 0 Å². The molecule has 0 aliphatic carbocycles. The van der Waals surface area contributed by atoms with Crippen LogP contribution in [0.2, 0.25) is 0 Å². The van der Waals surface area contributed by atoms with Crippen LogP contribution in [0.3, 0.4) is 0 Å². The van der Waals surface area contributed by atoms with Crippen molar-refractivity contribution in [2.75, 3.05) is 25.5 Å². The normalized spacial score (nSPS) is 10.6. The summed E-state index contributed by atoms with van der Waals surface area (Å²) in [5.41, 5.74) is -0.248. The fourth-order valence-electron chi connectivity index (χ4n) is 1.51. The van der Waals surface area contributed by atoms with Crippen molar-refractivity contribution in [1.82, 2.24) is 4.90 Å². The summed E-state index contributed by atoms with van der Waals surface area (Å²) in [6.07, 6.45) is -2.66. The molecule has 0 saturated carbocycles. The second-order valence-electron chi connectivity index (χ2n) is 3.68. The van der Waals surface area contributed by atoms with Crippen molar-refractivity contribution in [3.63, 3.8) is 0 Å². The molecule has 0 saturated heterocycles. The summed E-state index contributed by atoms with van der Waals surface area (Å²) in [6.45, 7) is -0.648. The van der Waals surface area contributed by atoms with Gasteiger partial charge in [-0.05, 0) is 12.1 Å². The van der Waals surface area contributed by atoms with Crippen LogP contribution in [0.4, 0.5) is 13.2 Å². The maximum absolute atomic E-state index is 13.7. The van der Waals surface area contributed by atoms with Crippen LogP contribution in [0.15, 0.2) is 18.2 Å². The molecular formula is C12H13BrF3NO2. The Labute approximate surface area is 117 Å². The lowest BCUT2D eigenvalue weighted by Crippen LogP contribution is -2.37. The highest BCUT2D eigenvalue weighted by Gasteiger charge is 2.22. The molecule has 7 heteroatoms. The minimum Gasteiger partial charge on any atom is -0.497 e. The summed E-state index contributed by atoms with van der Waals surface area (Å²) >= 11 is 3.07. The van der Waals surface area contributed by atoms with Gasteiger partial charge < -0.3 is 9.64 Å². The third-order valence-electron chi connectivity index (χ3n) is 2.41. The quantitative estimate of drug-likeness (QED) is 0.746. The standard InChI is InChI=1S/C12H13BrF3NO2/c1-19-8-2-3-9(10(14)6-8)12(18)17(5-4-13)7-11(15)16/h2-3,6,11H,4-5,7H2,1H3. The van der Waals surface area contributed by atoms with E-state index >= 15 is 0 Å². The van der Waals surface area contributed by atoms with E-state index in [1.807, 2.05) is 0 Å². The number of hydrogen-bond acceptors (Lipinski definition) is 2. The van der Waals surface area contributed by atoms with Crippen molar-refractivity contribution in [3.05, 3.63) is 29.6 Å². The third kappa shape index (κ3) is 4.41. The fourth-order valence-corrected chi connectivity index (χ4v) is 1.94. The Hall–Kier alpha value is -1.24. The predicted molar refractivity (Wildman–Crippen MR) is 68.7 cm³/mol. The first-order valence-electron chi connectivity index (χ1n) is 5.46. The minimum absolute atomic E-state index is 0.0780. The van der Waals surface area contributed by atoms with Crippen molar-refractivity contribution < 1.29 is 22.7 Å². The number of alkyl halides is 3. The van der Waals surface area contributed by atoms with E-state index in [1.54, 1.807) is 0 Å². The number of rotatable bonds is 6. The largest absolute Gasteiger partial charge is 0.497 e. The van der Waals surface area contributed by atoms with E-state index in [0.717, 1.165) is 11.0 Å². The lowest BCUT2D eigenvalue weighted by atomic mass is 10.1. The second-order valence-corrected chi connectivity index (χ2v) is 4.47. The number of amides is 1. The summed E-state index contributed by atoms with van der Waals surface area (Å²) in [5.74, 6) is -1.30. The Bertz CT molecular complexity index is 443. The number of nitrogens with zero attached hydrogens (tertiary/aromatic N) is 1. The zero-order valence-corrected chi connectivity index (χ0v) is 11.8. The molecule has 0 fully saturated rings. The number of carbonyl (C=O) groups excluding carboxylic acids is 1. The van der Waals surface area contributed by atoms with Crippen molar-refractivity contribution >= 4 is 21.8 Å². The molecule has 0 unspecified atom stereocenters. The van der Waals surface area contributed by atoms with E-state index in [2.05, 4.69) is 15.9 Å². The average Bonchev–Trinajstić information content (AvgIpc) is 2.36. The van der Waals surface area contributed by atoms with Gasteiger partial charge in [-0.1, -0.05) is 15.9 Å². The summed E-state index contributed by atoms with van der Waals surface area (Å²) < 4.78 is 43.3. The number of methoxy groups -OCH3 is 1. The molecule has 0 radical (unpaired) electrons. The summed E-state index contributed by atoms with van der Waals surface area (Å²) in [5, 5.41) is 0.337. The Morgan fingerprint density at radius 2 is 2.16 bits per heavy atom. The summed E-state index contributed by atoms with van der Waals surface area (Å²) in [7, 11) is 1.37. The number of carbonyl (C=O) groups is 1. The van der Waals surface area contributed by atoms with E-state index < -0.39 is 24.7 Å². The first kappa shape index (κ1) is 15.8. The van der Waals surface area contributed by atoms with Crippen LogP contribution in [0.1, 0.15) is 10.4 Å². The molecule has 0 bridgehead atoms. The molecule has 19 heavy (non-hydrogen) atoms. The SMILES string of the molecule is COc1ccc(C(=O)N(CCBr)CC(F)F)c(F)c1. The van der Waals surface area contributed by atoms with Crippen LogP contribution >= 0.6 is 15.9 Å². The first-order chi connectivity index (χ1) is 8.99. The van der Waals surface area contributed by atoms with Gasteiger partial charge in [0.25, 0.3) is 12.3 Å². The molecule has 1 aromatic rings.